The minimum Gasteiger partial charge on any atom is -0.505 e. The molecule has 8 N–H and O–H groups in total. The van der Waals surface area contributed by atoms with Gasteiger partial charge in [0.1, 0.15) is 12.1 Å². The molecule has 11 nitrogen and oxygen atoms in total. The summed E-state index contributed by atoms with van der Waals surface area (Å²) in [7, 11) is 0. The summed E-state index contributed by atoms with van der Waals surface area (Å²) >= 11 is 0. The summed E-state index contributed by atoms with van der Waals surface area (Å²) in [6, 6.07) is -1.06. The zero-order valence-corrected chi connectivity index (χ0v) is 11.2. The molecule has 0 saturated heterocycles. The first-order chi connectivity index (χ1) is 10.1. The number of hydrogen-bond donors (Lipinski definition) is 7. The van der Waals surface area contributed by atoms with E-state index in [1.165, 1.54) is 0 Å². The number of cyclic esters (lactones) is 1. The summed E-state index contributed by atoms with van der Waals surface area (Å²) in [6.07, 6.45) is -3.00. The van der Waals surface area contributed by atoms with E-state index in [9.17, 15) is 14.4 Å². The summed E-state index contributed by atoms with van der Waals surface area (Å²) in [5.41, 5.74) is 5.00. The Morgan fingerprint density at radius 2 is 1.82 bits per heavy atom. The summed E-state index contributed by atoms with van der Waals surface area (Å²) in [5, 5.41) is 51.3. The average molecular weight is 323 g/mol. The van der Waals surface area contributed by atoms with Crippen LogP contribution in [-0.2, 0) is 19.1 Å². The highest BCUT2D eigenvalue weighted by Gasteiger charge is 2.38. The van der Waals surface area contributed by atoms with E-state index in [1.807, 2.05) is 0 Å². The Balaban J connectivity index is 0.000000409. The average Bonchev–Trinajstić information content (AvgIpc) is 2.72. The molecule has 0 aromatic heterocycles. The lowest BCUT2D eigenvalue weighted by Gasteiger charge is -2.13. The van der Waals surface area contributed by atoms with Crippen molar-refractivity contribution in [2.24, 2.45) is 5.73 Å². The lowest BCUT2D eigenvalue weighted by molar-refractivity contribution is -0.147. The van der Waals surface area contributed by atoms with Crippen molar-refractivity contribution < 1.29 is 49.8 Å². The second kappa shape index (κ2) is 8.81. The van der Waals surface area contributed by atoms with Gasteiger partial charge in [0.15, 0.2) is 11.9 Å². The number of hydrogen-bond acceptors (Lipinski definition) is 9. The number of carboxylic acids is 2. The van der Waals surface area contributed by atoms with E-state index in [-0.39, 0.29) is 12.8 Å². The predicted octanol–water partition coefficient (Wildman–Crippen LogP) is -2.14. The van der Waals surface area contributed by atoms with E-state index in [1.54, 1.807) is 0 Å². The van der Waals surface area contributed by atoms with Crippen LogP contribution in [0.3, 0.4) is 0 Å². The van der Waals surface area contributed by atoms with Crippen LogP contribution in [0.15, 0.2) is 11.5 Å². The normalized spacial score (nSPS) is 19.8. The summed E-state index contributed by atoms with van der Waals surface area (Å²) < 4.78 is 4.32. The molecule has 11 heteroatoms. The fourth-order valence-electron chi connectivity index (χ4n) is 1.23. The van der Waals surface area contributed by atoms with Crippen LogP contribution in [0.5, 0.6) is 0 Å². The number of aliphatic hydroxyl groups excluding tert-OH is 4. The fraction of sp³-hybridized carbons (Fsp3) is 0.545. The highest BCUT2D eigenvalue weighted by atomic mass is 16.6. The molecule has 3 atom stereocenters. The van der Waals surface area contributed by atoms with Crippen molar-refractivity contribution in [1.29, 1.82) is 0 Å². The Kier molecular flexibility index (Phi) is 7.87. The van der Waals surface area contributed by atoms with Gasteiger partial charge < -0.3 is 41.1 Å². The largest absolute Gasteiger partial charge is 0.505 e. The summed E-state index contributed by atoms with van der Waals surface area (Å²) in [4.78, 5) is 30.4. The first-order valence-corrected chi connectivity index (χ1v) is 5.94. The van der Waals surface area contributed by atoms with E-state index in [0.29, 0.717) is 0 Å². The molecular formula is C11H17NO10. The van der Waals surface area contributed by atoms with Gasteiger partial charge in [-0.15, -0.1) is 0 Å². The van der Waals surface area contributed by atoms with Gasteiger partial charge in [0, 0.05) is 6.42 Å². The van der Waals surface area contributed by atoms with Gasteiger partial charge >= 0.3 is 17.9 Å². The van der Waals surface area contributed by atoms with Crippen LogP contribution >= 0.6 is 0 Å². The lowest BCUT2D eigenvalue weighted by Crippen LogP contribution is -2.31. The zero-order valence-electron chi connectivity index (χ0n) is 11.2. The number of carbonyl (C=O) groups is 3. The second-order valence-electron chi connectivity index (χ2n) is 4.19. The maximum Gasteiger partial charge on any atom is 0.377 e. The summed E-state index contributed by atoms with van der Waals surface area (Å²) in [5.74, 6) is -4.97. The van der Waals surface area contributed by atoms with E-state index < -0.39 is 54.3 Å². The number of carboxylic acid groups (broad SMARTS) is 2. The molecule has 0 aromatic rings. The van der Waals surface area contributed by atoms with Gasteiger partial charge in [-0.05, 0) is 6.42 Å². The van der Waals surface area contributed by atoms with Gasteiger partial charge in [0.2, 0.25) is 5.76 Å². The molecular weight excluding hydrogens is 306 g/mol. The van der Waals surface area contributed by atoms with Crippen LogP contribution in [0.25, 0.3) is 0 Å². The molecule has 0 spiro atoms. The van der Waals surface area contributed by atoms with Crippen LogP contribution in [0.2, 0.25) is 0 Å². The SMILES string of the molecule is NC(CCC(=O)O)C(=O)O.O=C1O[C@H](C(O)CO)C(O)=C1O. The van der Waals surface area contributed by atoms with Gasteiger partial charge in [-0.2, -0.15) is 0 Å². The predicted molar refractivity (Wildman–Crippen MR) is 67.7 cm³/mol. The molecule has 0 radical (unpaired) electrons. The molecule has 0 bridgehead atoms. The molecule has 0 fully saturated rings. The van der Waals surface area contributed by atoms with Crippen molar-refractivity contribution in [1.82, 2.24) is 0 Å². The van der Waals surface area contributed by atoms with E-state index in [2.05, 4.69) is 4.74 Å². The molecule has 1 aliphatic heterocycles. The molecule has 1 rings (SSSR count). The molecule has 0 aliphatic carbocycles. The van der Waals surface area contributed by atoms with Gasteiger partial charge in [-0.3, -0.25) is 9.59 Å². The van der Waals surface area contributed by atoms with Crippen LogP contribution in [0.1, 0.15) is 12.8 Å². The minimum absolute atomic E-state index is 0.0231. The zero-order chi connectivity index (χ0) is 17.4. The van der Waals surface area contributed by atoms with Crippen molar-refractivity contribution >= 4 is 17.9 Å². The van der Waals surface area contributed by atoms with Gasteiger partial charge in [-0.25, -0.2) is 4.79 Å². The fourth-order valence-corrected chi connectivity index (χ4v) is 1.23. The van der Waals surface area contributed by atoms with Crippen molar-refractivity contribution in [3.8, 4) is 0 Å². The Morgan fingerprint density at radius 3 is 2.14 bits per heavy atom. The quantitative estimate of drug-likeness (QED) is 0.262. The molecule has 1 aliphatic rings. The number of carbonyl (C=O) groups excluding carboxylic acids is 1. The maximum absolute atomic E-state index is 10.5. The molecule has 126 valence electrons. The van der Waals surface area contributed by atoms with Gasteiger partial charge in [0.25, 0.3) is 0 Å². The standard InChI is InChI=1S/C6H8O6.C5H9NO4/c7-1-2(8)5-3(9)4(10)6(11)12-5;6-3(5(9)10)1-2-4(7)8/h2,5,7-10H,1H2;3H,1-2,6H2,(H,7,8)(H,9,10)/t2?,5-;/m1./s1. The van der Waals surface area contributed by atoms with Crippen molar-refractivity contribution in [3.05, 3.63) is 11.5 Å². The Hall–Kier alpha value is -2.37. The van der Waals surface area contributed by atoms with Crippen molar-refractivity contribution in [3.63, 3.8) is 0 Å². The van der Waals surface area contributed by atoms with Gasteiger partial charge in [-0.1, -0.05) is 0 Å². The first kappa shape index (κ1) is 19.6. The Labute approximate surface area is 123 Å². The summed E-state index contributed by atoms with van der Waals surface area (Å²) in [6.45, 7) is -0.671. The van der Waals surface area contributed by atoms with Crippen LogP contribution in [0.4, 0.5) is 0 Å². The third kappa shape index (κ3) is 5.95. The molecule has 0 amide bonds. The van der Waals surface area contributed by atoms with Crippen molar-refractivity contribution in [2.75, 3.05) is 6.61 Å². The highest BCUT2D eigenvalue weighted by Crippen LogP contribution is 2.20. The molecule has 0 saturated carbocycles. The topological polar surface area (TPSA) is 208 Å². The third-order valence-corrected chi connectivity index (χ3v) is 2.46. The number of rotatable bonds is 6. The minimum atomic E-state index is -1.42. The molecule has 2 unspecified atom stereocenters. The molecule has 1 heterocycles. The number of ether oxygens (including phenoxy) is 1. The number of aliphatic hydroxyl groups is 4. The highest BCUT2D eigenvalue weighted by molar-refractivity contribution is 5.89. The second-order valence-corrected chi connectivity index (χ2v) is 4.19. The van der Waals surface area contributed by atoms with E-state index in [0.717, 1.165) is 0 Å². The Bertz CT molecular complexity index is 460. The number of esters is 1. The third-order valence-electron chi connectivity index (χ3n) is 2.46. The number of nitrogens with two attached hydrogens (primary N) is 1. The Morgan fingerprint density at radius 1 is 1.27 bits per heavy atom. The smallest absolute Gasteiger partial charge is 0.377 e. The first-order valence-electron chi connectivity index (χ1n) is 5.94. The van der Waals surface area contributed by atoms with Crippen LogP contribution < -0.4 is 5.73 Å². The maximum atomic E-state index is 10.5. The van der Waals surface area contributed by atoms with E-state index in [4.69, 9.17) is 36.4 Å². The monoisotopic (exact) mass is 323 g/mol. The van der Waals surface area contributed by atoms with E-state index >= 15 is 0 Å². The van der Waals surface area contributed by atoms with Crippen molar-refractivity contribution in [2.45, 2.75) is 31.1 Å². The van der Waals surface area contributed by atoms with Crippen LogP contribution in [0, 0.1) is 0 Å². The molecule has 22 heavy (non-hydrogen) atoms. The lowest BCUT2D eigenvalue weighted by atomic mass is 10.2. The number of aliphatic carboxylic acids is 2. The molecule has 0 aromatic carbocycles. The van der Waals surface area contributed by atoms with Gasteiger partial charge in [0.05, 0.1) is 6.61 Å². The van der Waals surface area contributed by atoms with Crippen LogP contribution in [-0.4, -0.2) is 73.4 Å².